The Kier molecular flexibility index (Phi) is 3.67. The SMILES string of the molecule is O=C(c1ccsc1)N1CCN(Cc2noc(C3CC3)n2)CC1. The standard InChI is InChI=1S/C15H18N4O2S/c20-15(12-3-8-22-10-12)19-6-4-18(5-7-19)9-13-16-14(21-17-13)11-1-2-11/h3,8,10-11H,1-2,4-7,9H2. The van der Waals surface area contributed by atoms with Gasteiger partial charge in [-0.3, -0.25) is 9.69 Å². The second-order valence-electron chi connectivity index (χ2n) is 5.90. The van der Waals surface area contributed by atoms with Gasteiger partial charge in [-0.2, -0.15) is 16.3 Å². The van der Waals surface area contributed by atoms with E-state index >= 15 is 0 Å². The average molecular weight is 318 g/mol. The zero-order valence-electron chi connectivity index (χ0n) is 12.3. The molecule has 116 valence electrons. The maximum atomic E-state index is 12.3. The number of thiophene rings is 1. The van der Waals surface area contributed by atoms with E-state index in [1.54, 1.807) is 11.3 Å². The molecule has 0 radical (unpaired) electrons. The van der Waals surface area contributed by atoms with Crippen LogP contribution in [0.5, 0.6) is 0 Å². The molecule has 0 N–H and O–H groups in total. The van der Waals surface area contributed by atoms with Gasteiger partial charge >= 0.3 is 0 Å². The van der Waals surface area contributed by atoms with E-state index in [2.05, 4.69) is 15.0 Å². The molecule has 6 nitrogen and oxygen atoms in total. The first-order chi connectivity index (χ1) is 10.8. The minimum Gasteiger partial charge on any atom is -0.339 e. The average Bonchev–Trinajstić information content (AvgIpc) is 3.06. The number of piperazine rings is 1. The van der Waals surface area contributed by atoms with Gasteiger partial charge in [0.05, 0.1) is 12.1 Å². The van der Waals surface area contributed by atoms with E-state index in [9.17, 15) is 4.79 Å². The maximum Gasteiger partial charge on any atom is 0.254 e. The molecule has 0 spiro atoms. The normalized spacial score (nSPS) is 19.5. The summed E-state index contributed by atoms with van der Waals surface area (Å²) in [6.07, 6.45) is 2.34. The molecule has 0 unspecified atom stereocenters. The van der Waals surface area contributed by atoms with Crippen molar-refractivity contribution in [2.45, 2.75) is 25.3 Å². The molecule has 2 aromatic heterocycles. The molecule has 1 aliphatic carbocycles. The number of hydrogen-bond donors (Lipinski definition) is 0. The number of amides is 1. The third-order valence-corrected chi connectivity index (χ3v) is 4.89. The Morgan fingerprint density at radius 1 is 1.32 bits per heavy atom. The molecule has 2 aliphatic rings. The Hall–Kier alpha value is -1.73. The molecular formula is C15H18N4O2S. The summed E-state index contributed by atoms with van der Waals surface area (Å²) in [6, 6.07) is 1.89. The van der Waals surface area contributed by atoms with Crippen molar-refractivity contribution < 1.29 is 9.32 Å². The number of carbonyl (C=O) groups excluding carboxylic acids is 1. The molecular weight excluding hydrogens is 300 g/mol. The first-order valence-corrected chi connectivity index (χ1v) is 8.60. The van der Waals surface area contributed by atoms with Crippen molar-refractivity contribution in [3.8, 4) is 0 Å². The van der Waals surface area contributed by atoms with Crippen molar-refractivity contribution >= 4 is 17.2 Å². The van der Waals surface area contributed by atoms with Gasteiger partial charge in [-0.1, -0.05) is 5.16 Å². The Morgan fingerprint density at radius 3 is 2.82 bits per heavy atom. The van der Waals surface area contributed by atoms with Crippen LogP contribution in [-0.4, -0.2) is 52.0 Å². The Bertz CT molecular complexity index is 642. The van der Waals surface area contributed by atoms with Gasteiger partial charge in [0, 0.05) is 37.5 Å². The van der Waals surface area contributed by atoms with E-state index in [0.717, 1.165) is 43.5 Å². The number of nitrogens with zero attached hydrogens (tertiary/aromatic N) is 4. The van der Waals surface area contributed by atoms with Crippen LogP contribution in [0.3, 0.4) is 0 Å². The second kappa shape index (κ2) is 5.81. The lowest BCUT2D eigenvalue weighted by atomic mass is 10.2. The van der Waals surface area contributed by atoms with Crippen LogP contribution in [0.2, 0.25) is 0 Å². The summed E-state index contributed by atoms with van der Waals surface area (Å²) in [5, 5.41) is 7.91. The molecule has 1 saturated carbocycles. The molecule has 7 heteroatoms. The third kappa shape index (κ3) is 2.91. The van der Waals surface area contributed by atoms with Gasteiger partial charge in [-0.25, -0.2) is 0 Å². The molecule has 1 aliphatic heterocycles. The zero-order valence-corrected chi connectivity index (χ0v) is 13.1. The quantitative estimate of drug-likeness (QED) is 0.862. The van der Waals surface area contributed by atoms with Crippen LogP contribution in [0.15, 0.2) is 21.3 Å². The van der Waals surface area contributed by atoms with Crippen molar-refractivity contribution in [2.24, 2.45) is 0 Å². The summed E-state index contributed by atoms with van der Waals surface area (Å²) in [4.78, 5) is 20.9. The van der Waals surface area contributed by atoms with Crippen LogP contribution >= 0.6 is 11.3 Å². The van der Waals surface area contributed by atoms with Gasteiger partial charge < -0.3 is 9.42 Å². The lowest BCUT2D eigenvalue weighted by Gasteiger charge is -2.33. The third-order valence-electron chi connectivity index (χ3n) is 4.20. The highest BCUT2D eigenvalue weighted by atomic mass is 32.1. The molecule has 2 fully saturated rings. The molecule has 2 aromatic rings. The maximum absolute atomic E-state index is 12.3. The van der Waals surface area contributed by atoms with Crippen LogP contribution in [0.1, 0.15) is 40.8 Å². The largest absolute Gasteiger partial charge is 0.339 e. The molecule has 22 heavy (non-hydrogen) atoms. The molecule has 0 bridgehead atoms. The molecule has 4 rings (SSSR count). The minimum absolute atomic E-state index is 0.136. The predicted molar refractivity (Wildman–Crippen MR) is 81.8 cm³/mol. The number of carbonyl (C=O) groups is 1. The second-order valence-corrected chi connectivity index (χ2v) is 6.68. The highest BCUT2D eigenvalue weighted by Crippen LogP contribution is 2.38. The predicted octanol–water partition coefficient (Wildman–Crippen LogP) is 1.97. The summed E-state index contributed by atoms with van der Waals surface area (Å²) in [5.74, 6) is 2.19. The fourth-order valence-corrected chi connectivity index (χ4v) is 3.34. The van der Waals surface area contributed by atoms with Crippen molar-refractivity contribution in [1.82, 2.24) is 19.9 Å². The van der Waals surface area contributed by atoms with Crippen LogP contribution in [0.25, 0.3) is 0 Å². The Labute approximate surface area is 132 Å². The van der Waals surface area contributed by atoms with Crippen molar-refractivity contribution in [2.75, 3.05) is 26.2 Å². The fraction of sp³-hybridized carbons (Fsp3) is 0.533. The number of aromatic nitrogens is 2. The summed E-state index contributed by atoms with van der Waals surface area (Å²) >= 11 is 1.56. The lowest BCUT2D eigenvalue weighted by Crippen LogP contribution is -2.48. The first-order valence-electron chi connectivity index (χ1n) is 7.66. The van der Waals surface area contributed by atoms with Gasteiger partial charge in [0.15, 0.2) is 5.82 Å². The highest BCUT2D eigenvalue weighted by Gasteiger charge is 2.30. The molecule has 1 saturated heterocycles. The van der Waals surface area contributed by atoms with Crippen LogP contribution in [0.4, 0.5) is 0 Å². The summed E-state index contributed by atoms with van der Waals surface area (Å²) < 4.78 is 5.29. The van der Waals surface area contributed by atoms with Gasteiger partial charge in [0.2, 0.25) is 5.89 Å². The van der Waals surface area contributed by atoms with Gasteiger partial charge in [0.25, 0.3) is 5.91 Å². The molecule has 0 atom stereocenters. The lowest BCUT2D eigenvalue weighted by molar-refractivity contribution is 0.0625. The van der Waals surface area contributed by atoms with Crippen LogP contribution in [0, 0.1) is 0 Å². The fourth-order valence-electron chi connectivity index (χ4n) is 2.71. The van der Waals surface area contributed by atoms with Gasteiger partial charge in [0.1, 0.15) is 0 Å². The van der Waals surface area contributed by atoms with E-state index in [-0.39, 0.29) is 5.91 Å². The Balaban J connectivity index is 1.30. The monoisotopic (exact) mass is 318 g/mol. The van der Waals surface area contributed by atoms with Gasteiger partial charge in [-0.15, -0.1) is 0 Å². The van der Waals surface area contributed by atoms with Crippen molar-refractivity contribution in [3.63, 3.8) is 0 Å². The molecule has 3 heterocycles. The zero-order chi connectivity index (χ0) is 14.9. The van der Waals surface area contributed by atoms with Crippen molar-refractivity contribution in [3.05, 3.63) is 34.1 Å². The van der Waals surface area contributed by atoms with Gasteiger partial charge in [-0.05, 0) is 24.3 Å². The smallest absolute Gasteiger partial charge is 0.254 e. The summed E-state index contributed by atoms with van der Waals surface area (Å²) in [5.41, 5.74) is 0.797. The number of rotatable bonds is 4. The van der Waals surface area contributed by atoms with E-state index in [4.69, 9.17) is 4.52 Å². The Morgan fingerprint density at radius 2 is 2.14 bits per heavy atom. The van der Waals surface area contributed by atoms with E-state index in [1.165, 1.54) is 12.8 Å². The topological polar surface area (TPSA) is 62.5 Å². The molecule has 0 aromatic carbocycles. The van der Waals surface area contributed by atoms with E-state index < -0.39 is 0 Å². The number of hydrogen-bond acceptors (Lipinski definition) is 6. The van der Waals surface area contributed by atoms with E-state index in [0.29, 0.717) is 12.5 Å². The molecule has 1 amide bonds. The summed E-state index contributed by atoms with van der Waals surface area (Å²) in [7, 11) is 0. The van der Waals surface area contributed by atoms with Crippen molar-refractivity contribution in [1.29, 1.82) is 0 Å². The van der Waals surface area contributed by atoms with Crippen LogP contribution < -0.4 is 0 Å². The van der Waals surface area contributed by atoms with Crippen LogP contribution in [-0.2, 0) is 6.54 Å². The minimum atomic E-state index is 0.136. The summed E-state index contributed by atoms with van der Waals surface area (Å²) in [6.45, 7) is 3.91. The van der Waals surface area contributed by atoms with E-state index in [1.807, 2.05) is 21.7 Å². The highest BCUT2D eigenvalue weighted by molar-refractivity contribution is 7.08. The first kappa shape index (κ1) is 13.9.